The van der Waals surface area contributed by atoms with Crippen molar-refractivity contribution in [3.63, 3.8) is 0 Å². The molecule has 0 saturated carbocycles. The topological polar surface area (TPSA) is 70.2 Å². The van der Waals surface area contributed by atoms with Gasteiger partial charge in [0.2, 0.25) is 5.91 Å². The molecule has 8 heteroatoms. The standard InChI is InChI=1S/C23H28N4O2S2/c1-17-18(15-31-23-25-19-6-2-3-7-20(19)26-23)5-4-8-21(17)30-16-22(28)24-9-10-27-11-13-29-14-12-27/h2-8H,9-16H2,1H3,(H,24,28)(H,25,26). The molecule has 164 valence electrons. The molecule has 1 aromatic heterocycles. The highest BCUT2D eigenvalue weighted by atomic mass is 32.2. The van der Waals surface area contributed by atoms with Gasteiger partial charge in [-0.05, 0) is 36.2 Å². The third kappa shape index (κ3) is 6.26. The van der Waals surface area contributed by atoms with Gasteiger partial charge in [0.25, 0.3) is 0 Å². The zero-order valence-corrected chi connectivity index (χ0v) is 19.4. The Kier molecular flexibility index (Phi) is 7.91. The first-order chi connectivity index (χ1) is 15.2. The minimum atomic E-state index is 0.0831. The molecule has 4 rings (SSSR count). The van der Waals surface area contributed by atoms with Gasteiger partial charge in [-0.25, -0.2) is 4.98 Å². The lowest BCUT2D eigenvalue weighted by Gasteiger charge is -2.26. The Labute approximate surface area is 191 Å². The Hall–Kier alpha value is -2.00. The molecule has 2 aromatic carbocycles. The number of rotatable bonds is 9. The Bertz CT molecular complexity index is 985. The van der Waals surface area contributed by atoms with Crippen LogP contribution in [0.5, 0.6) is 0 Å². The van der Waals surface area contributed by atoms with E-state index in [0.717, 1.165) is 59.7 Å². The molecule has 1 aliphatic rings. The van der Waals surface area contributed by atoms with E-state index in [1.807, 2.05) is 24.3 Å². The molecule has 1 aliphatic heterocycles. The van der Waals surface area contributed by atoms with Crippen molar-refractivity contribution in [2.24, 2.45) is 0 Å². The highest BCUT2D eigenvalue weighted by Crippen LogP contribution is 2.29. The molecule has 2 N–H and O–H groups in total. The van der Waals surface area contributed by atoms with Gasteiger partial charge in [0, 0.05) is 36.8 Å². The number of amides is 1. The fourth-order valence-electron chi connectivity index (χ4n) is 3.49. The largest absolute Gasteiger partial charge is 0.379 e. The van der Waals surface area contributed by atoms with Gasteiger partial charge in [-0.1, -0.05) is 36.0 Å². The Morgan fingerprint density at radius 1 is 1.16 bits per heavy atom. The lowest BCUT2D eigenvalue weighted by Crippen LogP contribution is -2.41. The van der Waals surface area contributed by atoms with Gasteiger partial charge in [-0.15, -0.1) is 11.8 Å². The fraction of sp³-hybridized carbons (Fsp3) is 0.391. The van der Waals surface area contributed by atoms with Crippen molar-refractivity contribution < 1.29 is 9.53 Å². The molecule has 0 bridgehead atoms. The summed E-state index contributed by atoms with van der Waals surface area (Å²) in [6.45, 7) is 7.17. The smallest absolute Gasteiger partial charge is 0.230 e. The van der Waals surface area contributed by atoms with Crippen LogP contribution in [0.4, 0.5) is 0 Å². The van der Waals surface area contributed by atoms with Crippen molar-refractivity contribution in [2.45, 2.75) is 22.7 Å². The number of imidazole rings is 1. The molecule has 0 aliphatic carbocycles. The third-order valence-corrected chi connectivity index (χ3v) is 7.42. The van der Waals surface area contributed by atoms with E-state index in [0.29, 0.717) is 12.3 Å². The van der Waals surface area contributed by atoms with Crippen molar-refractivity contribution in [2.75, 3.05) is 45.1 Å². The third-order valence-electron chi connectivity index (χ3n) is 5.34. The second-order valence-corrected chi connectivity index (χ2v) is 9.46. The van der Waals surface area contributed by atoms with Gasteiger partial charge in [0.15, 0.2) is 5.16 Å². The number of nitrogens with zero attached hydrogens (tertiary/aromatic N) is 2. The van der Waals surface area contributed by atoms with E-state index in [9.17, 15) is 4.79 Å². The highest BCUT2D eigenvalue weighted by molar-refractivity contribution is 8.00. The Morgan fingerprint density at radius 2 is 2.00 bits per heavy atom. The molecule has 3 aromatic rings. The average Bonchev–Trinajstić information content (AvgIpc) is 3.21. The van der Waals surface area contributed by atoms with Crippen LogP contribution in [0.1, 0.15) is 11.1 Å². The summed E-state index contributed by atoms with van der Waals surface area (Å²) in [4.78, 5) is 23.7. The number of morpholine rings is 1. The zero-order chi connectivity index (χ0) is 21.5. The second-order valence-electron chi connectivity index (χ2n) is 7.48. The maximum absolute atomic E-state index is 12.3. The molecule has 31 heavy (non-hydrogen) atoms. The number of hydrogen-bond acceptors (Lipinski definition) is 6. The molecule has 1 saturated heterocycles. The van der Waals surface area contributed by atoms with Gasteiger partial charge in [-0.2, -0.15) is 0 Å². The predicted molar refractivity (Wildman–Crippen MR) is 128 cm³/mol. The lowest BCUT2D eigenvalue weighted by atomic mass is 10.1. The van der Waals surface area contributed by atoms with Crippen LogP contribution in [0.2, 0.25) is 0 Å². The summed E-state index contributed by atoms with van der Waals surface area (Å²) in [7, 11) is 0. The first-order valence-corrected chi connectivity index (χ1v) is 12.5. The fourth-order valence-corrected chi connectivity index (χ4v) is 5.35. The average molecular weight is 457 g/mol. The molecule has 0 radical (unpaired) electrons. The van der Waals surface area contributed by atoms with E-state index in [4.69, 9.17) is 4.74 Å². The zero-order valence-electron chi connectivity index (χ0n) is 17.7. The van der Waals surface area contributed by atoms with E-state index in [1.165, 1.54) is 11.1 Å². The number of aromatic amines is 1. The minimum absolute atomic E-state index is 0.0831. The maximum Gasteiger partial charge on any atom is 0.230 e. The van der Waals surface area contributed by atoms with Crippen molar-refractivity contribution in [1.82, 2.24) is 20.2 Å². The van der Waals surface area contributed by atoms with Gasteiger partial charge < -0.3 is 15.0 Å². The first-order valence-electron chi connectivity index (χ1n) is 10.5. The van der Waals surface area contributed by atoms with E-state index >= 15 is 0 Å². The van der Waals surface area contributed by atoms with Crippen LogP contribution in [-0.2, 0) is 15.3 Å². The quantitative estimate of drug-likeness (QED) is 0.479. The molecule has 1 amide bonds. The number of benzene rings is 2. The molecule has 0 unspecified atom stereocenters. The van der Waals surface area contributed by atoms with E-state index in [2.05, 4.69) is 45.3 Å². The Morgan fingerprint density at radius 3 is 2.84 bits per heavy atom. The first kappa shape index (κ1) is 22.2. The molecular weight excluding hydrogens is 428 g/mol. The maximum atomic E-state index is 12.3. The van der Waals surface area contributed by atoms with E-state index < -0.39 is 0 Å². The summed E-state index contributed by atoms with van der Waals surface area (Å²) >= 11 is 3.30. The van der Waals surface area contributed by atoms with Crippen LogP contribution >= 0.6 is 23.5 Å². The molecule has 0 atom stereocenters. The van der Waals surface area contributed by atoms with Gasteiger partial charge in [-0.3, -0.25) is 9.69 Å². The minimum Gasteiger partial charge on any atom is -0.379 e. The van der Waals surface area contributed by atoms with Crippen LogP contribution < -0.4 is 5.32 Å². The molecule has 2 heterocycles. The number of H-pyrrole nitrogens is 1. The monoisotopic (exact) mass is 456 g/mol. The summed E-state index contributed by atoms with van der Waals surface area (Å²) < 4.78 is 5.35. The number of ether oxygens (including phenoxy) is 1. The van der Waals surface area contributed by atoms with Crippen molar-refractivity contribution in [1.29, 1.82) is 0 Å². The summed E-state index contributed by atoms with van der Waals surface area (Å²) in [5.41, 5.74) is 4.55. The van der Waals surface area contributed by atoms with E-state index in [-0.39, 0.29) is 5.91 Å². The number of nitrogens with one attached hydrogen (secondary N) is 2. The normalized spacial score (nSPS) is 14.7. The van der Waals surface area contributed by atoms with Gasteiger partial charge >= 0.3 is 0 Å². The summed E-state index contributed by atoms with van der Waals surface area (Å²) in [6.07, 6.45) is 0. The van der Waals surface area contributed by atoms with Crippen LogP contribution in [0, 0.1) is 6.92 Å². The SMILES string of the molecule is Cc1c(CSc2nc3ccccc3[nH]2)cccc1SCC(=O)NCCN1CCOCC1. The summed E-state index contributed by atoms with van der Waals surface area (Å²) in [6, 6.07) is 14.4. The molecular formula is C23H28N4O2S2. The second kappa shape index (κ2) is 11.0. The summed E-state index contributed by atoms with van der Waals surface area (Å²) in [5, 5.41) is 3.96. The van der Waals surface area contributed by atoms with Gasteiger partial charge in [0.05, 0.1) is 30.0 Å². The number of thioether (sulfide) groups is 2. The Balaban J connectivity index is 1.25. The summed E-state index contributed by atoms with van der Waals surface area (Å²) in [5.74, 6) is 1.36. The number of fused-ring (bicyclic) bond motifs is 1. The van der Waals surface area contributed by atoms with Crippen molar-refractivity contribution in [3.8, 4) is 0 Å². The number of carbonyl (C=O) groups excluding carboxylic acids is 1. The highest BCUT2D eigenvalue weighted by Gasteiger charge is 2.12. The molecule has 6 nitrogen and oxygen atoms in total. The number of aromatic nitrogens is 2. The van der Waals surface area contributed by atoms with Crippen molar-refractivity contribution in [3.05, 3.63) is 53.6 Å². The number of carbonyl (C=O) groups is 1. The van der Waals surface area contributed by atoms with E-state index in [1.54, 1.807) is 23.5 Å². The van der Waals surface area contributed by atoms with Crippen LogP contribution in [0.3, 0.4) is 0 Å². The van der Waals surface area contributed by atoms with Crippen LogP contribution in [0.15, 0.2) is 52.5 Å². The predicted octanol–water partition coefficient (Wildman–Crippen LogP) is 3.70. The number of para-hydroxylation sites is 2. The van der Waals surface area contributed by atoms with Crippen LogP contribution in [0.25, 0.3) is 11.0 Å². The van der Waals surface area contributed by atoms with Crippen LogP contribution in [-0.4, -0.2) is 65.9 Å². The van der Waals surface area contributed by atoms with Gasteiger partial charge in [0.1, 0.15) is 0 Å². The molecule has 1 fully saturated rings. The lowest BCUT2D eigenvalue weighted by molar-refractivity contribution is -0.118. The van der Waals surface area contributed by atoms with Crippen molar-refractivity contribution >= 4 is 40.5 Å². The molecule has 0 spiro atoms. The number of hydrogen-bond donors (Lipinski definition) is 2.